The Hall–Kier alpha value is -1.59. The maximum Gasteiger partial charge on any atom is 0.254 e. The fourth-order valence-corrected chi connectivity index (χ4v) is 3.75. The highest BCUT2D eigenvalue weighted by atomic mass is 35.5. The van der Waals surface area contributed by atoms with E-state index in [0.717, 1.165) is 67.3 Å². The van der Waals surface area contributed by atoms with Gasteiger partial charge in [-0.05, 0) is 49.9 Å². The quantitative estimate of drug-likeness (QED) is 0.845. The smallest absolute Gasteiger partial charge is 0.254 e. The zero-order valence-corrected chi connectivity index (χ0v) is 13.2. The molecule has 1 aromatic heterocycles. The van der Waals surface area contributed by atoms with E-state index in [1.165, 1.54) is 0 Å². The van der Waals surface area contributed by atoms with Gasteiger partial charge in [-0.1, -0.05) is 6.07 Å². The van der Waals surface area contributed by atoms with Crippen molar-refractivity contribution in [2.45, 2.75) is 12.8 Å². The molecule has 2 aliphatic rings. The zero-order valence-electron chi connectivity index (χ0n) is 12.4. The summed E-state index contributed by atoms with van der Waals surface area (Å²) < 4.78 is 0. The summed E-state index contributed by atoms with van der Waals surface area (Å²) in [7, 11) is 0. The number of hydrogen-bond acceptors (Lipinski definition) is 3. The summed E-state index contributed by atoms with van der Waals surface area (Å²) in [5.41, 5.74) is 1.70. The van der Waals surface area contributed by atoms with Crippen LogP contribution < -0.4 is 5.32 Å². The molecule has 22 heavy (non-hydrogen) atoms. The largest absolute Gasteiger partial charge is 0.339 e. The van der Waals surface area contributed by atoms with Gasteiger partial charge >= 0.3 is 0 Å². The molecule has 0 radical (unpaired) electrons. The van der Waals surface area contributed by atoms with Crippen LogP contribution in [0.4, 0.5) is 0 Å². The summed E-state index contributed by atoms with van der Waals surface area (Å²) in [5.74, 6) is 1.63. The number of benzene rings is 1. The normalized spacial score (nSPS) is 24.6. The molecule has 2 aliphatic heterocycles. The van der Waals surface area contributed by atoms with E-state index in [2.05, 4.69) is 15.5 Å². The Labute approximate surface area is 135 Å². The number of carbonyl (C=O) groups is 1. The molecule has 118 valence electrons. The Morgan fingerprint density at radius 1 is 1.18 bits per heavy atom. The summed E-state index contributed by atoms with van der Waals surface area (Å²) in [6.07, 6.45) is 3.98. The van der Waals surface area contributed by atoms with Crippen molar-refractivity contribution in [3.63, 3.8) is 0 Å². The molecule has 0 aliphatic carbocycles. The number of nitrogens with zero attached hydrogens (tertiary/aromatic N) is 2. The van der Waals surface area contributed by atoms with Crippen LogP contribution >= 0.6 is 12.4 Å². The lowest BCUT2D eigenvalue weighted by molar-refractivity contribution is 0.0760. The maximum absolute atomic E-state index is 12.9. The van der Waals surface area contributed by atoms with Crippen molar-refractivity contribution >= 4 is 29.2 Å². The van der Waals surface area contributed by atoms with Crippen LogP contribution in [0.25, 0.3) is 10.9 Å². The van der Waals surface area contributed by atoms with Crippen molar-refractivity contribution in [1.29, 1.82) is 0 Å². The first-order valence-corrected chi connectivity index (χ1v) is 7.75. The SMILES string of the molecule is Cl.O=C(c1cccc2[nH]ncc12)N1CC[C@@H]2CNC[C@@H]2CC1. The van der Waals surface area contributed by atoms with Crippen LogP contribution in [0.5, 0.6) is 0 Å². The van der Waals surface area contributed by atoms with Gasteiger partial charge in [-0.2, -0.15) is 5.10 Å². The second-order valence-electron chi connectivity index (χ2n) is 6.18. The van der Waals surface area contributed by atoms with Crippen molar-refractivity contribution in [2.24, 2.45) is 11.8 Å². The molecule has 2 N–H and O–H groups in total. The minimum absolute atomic E-state index is 0. The van der Waals surface area contributed by atoms with Gasteiger partial charge < -0.3 is 10.2 Å². The van der Waals surface area contributed by atoms with Gasteiger partial charge in [0, 0.05) is 18.5 Å². The van der Waals surface area contributed by atoms with Crippen LogP contribution in [0.1, 0.15) is 23.2 Å². The van der Waals surface area contributed by atoms with E-state index >= 15 is 0 Å². The minimum atomic E-state index is 0. The molecule has 2 atom stereocenters. The molecule has 0 spiro atoms. The van der Waals surface area contributed by atoms with Crippen molar-refractivity contribution in [3.05, 3.63) is 30.0 Å². The van der Waals surface area contributed by atoms with Gasteiger partial charge in [0.2, 0.25) is 0 Å². The lowest BCUT2D eigenvalue weighted by Gasteiger charge is -2.21. The fraction of sp³-hybridized carbons (Fsp3) is 0.500. The highest BCUT2D eigenvalue weighted by Crippen LogP contribution is 2.28. The molecule has 2 saturated heterocycles. The summed E-state index contributed by atoms with van der Waals surface area (Å²) in [4.78, 5) is 14.9. The Bertz CT molecular complexity index is 657. The van der Waals surface area contributed by atoms with Gasteiger partial charge in [-0.3, -0.25) is 9.89 Å². The number of rotatable bonds is 1. The summed E-state index contributed by atoms with van der Waals surface area (Å²) >= 11 is 0. The van der Waals surface area contributed by atoms with E-state index < -0.39 is 0 Å². The first kappa shape index (κ1) is 15.3. The second-order valence-corrected chi connectivity index (χ2v) is 6.18. The first-order valence-electron chi connectivity index (χ1n) is 7.75. The topological polar surface area (TPSA) is 61.0 Å². The number of aromatic nitrogens is 2. The van der Waals surface area contributed by atoms with E-state index in [1.54, 1.807) is 6.20 Å². The molecule has 1 aromatic carbocycles. The van der Waals surface area contributed by atoms with Crippen molar-refractivity contribution < 1.29 is 4.79 Å². The summed E-state index contributed by atoms with van der Waals surface area (Å²) in [6.45, 7) is 3.97. The van der Waals surface area contributed by atoms with Crippen LogP contribution in [0.15, 0.2) is 24.4 Å². The second kappa shape index (κ2) is 6.26. The number of hydrogen-bond donors (Lipinski definition) is 2. The molecule has 4 rings (SSSR count). The average Bonchev–Trinajstić information content (AvgIpc) is 3.11. The van der Waals surface area contributed by atoms with Crippen LogP contribution in [0.3, 0.4) is 0 Å². The number of H-pyrrole nitrogens is 1. The lowest BCUT2D eigenvalue weighted by atomic mass is 9.92. The van der Waals surface area contributed by atoms with E-state index in [0.29, 0.717) is 0 Å². The van der Waals surface area contributed by atoms with Gasteiger partial charge in [0.15, 0.2) is 0 Å². The molecular formula is C16H21ClN4O. The lowest BCUT2D eigenvalue weighted by Crippen LogP contribution is -2.32. The number of halogens is 1. The van der Waals surface area contributed by atoms with Crippen molar-refractivity contribution in [2.75, 3.05) is 26.2 Å². The van der Waals surface area contributed by atoms with Gasteiger partial charge in [-0.15, -0.1) is 12.4 Å². The van der Waals surface area contributed by atoms with E-state index in [-0.39, 0.29) is 18.3 Å². The van der Waals surface area contributed by atoms with Crippen molar-refractivity contribution in [1.82, 2.24) is 20.4 Å². The first-order chi connectivity index (χ1) is 10.3. The van der Waals surface area contributed by atoms with Crippen LogP contribution in [0.2, 0.25) is 0 Å². The number of amides is 1. The number of nitrogens with one attached hydrogen (secondary N) is 2. The van der Waals surface area contributed by atoms with Gasteiger partial charge in [-0.25, -0.2) is 0 Å². The monoisotopic (exact) mass is 320 g/mol. The summed E-state index contributed by atoms with van der Waals surface area (Å²) in [5, 5.41) is 11.4. The minimum Gasteiger partial charge on any atom is -0.339 e. The molecule has 0 bridgehead atoms. The Balaban J connectivity index is 0.00000144. The molecule has 5 nitrogen and oxygen atoms in total. The molecule has 1 amide bonds. The number of fused-ring (bicyclic) bond motifs is 2. The molecule has 6 heteroatoms. The number of likely N-dealkylation sites (tertiary alicyclic amines) is 1. The van der Waals surface area contributed by atoms with E-state index in [4.69, 9.17) is 0 Å². The Morgan fingerprint density at radius 2 is 1.91 bits per heavy atom. The third-order valence-corrected chi connectivity index (χ3v) is 5.02. The van der Waals surface area contributed by atoms with Crippen LogP contribution in [-0.4, -0.2) is 47.2 Å². The van der Waals surface area contributed by atoms with Gasteiger partial charge in [0.05, 0.1) is 17.3 Å². The average molecular weight is 321 g/mol. The molecule has 2 aromatic rings. The zero-order chi connectivity index (χ0) is 14.2. The van der Waals surface area contributed by atoms with Crippen molar-refractivity contribution in [3.8, 4) is 0 Å². The summed E-state index contributed by atoms with van der Waals surface area (Å²) in [6, 6.07) is 5.79. The number of aromatic amines is 1. The Kier molecular flexibility index (Phi) is 4.36. The third-order valence-electron chi connectivity index (χ3n) is 5.02. The molecule has 2 fully saturated rings. The third kappa shape index (κ3) is 2.59. The van der Waals surface area contributed by atoms with Gasteiger partial charge in [0.1, 0.15) is 0 Å². The highest BCUT2D eigenvalue weighted by molar-refractivity contribution is 6.06. The molecular weight excluding hydrogens is 300 g/mol. The highest BCUT2D eigenvalue weighted by Gasteiger charge is 2.31. The molecule has 0 unspecified atom stereocenters. The van der Waals surface area contributed by atoms with Crippen LogP contribution in [-0.2, 0) is 0 Å². The van der Waals surface area contributed by atoms with Gasteiger partial charge in [0.25, 0.3) is 5.91 Å². The van der Waals surface area contributed by atoms with E-state index in [1.807, 2.05) is 23.1 Å². The predicted molar refractivity (Wildman–Crippen MR) is 88.3 cm³/mol. The molecule has 3 heterocycles. The standard InChI is InChI=1S/C16H20N4O.ClH/c21-16(13-2-1-3-15-14(13)10-18-19-15)20-6-4-11-8-17-9-12(11)5-7-20;/h1-3,10-12,17H,4-9H2,(H,18,19);1H/t11-,12+;. The number of carbonyl (C=O) groups excluding carboxylic acids is 1. The molecule has 0 saturated carbocycles. The Morgan fingerprint density at radius 3 is 2.64 bits per heavy atom. The van der Waals surface area contributed by atoms with Crippen LogP contribution in [0, 0.1) is 11.8 Å². The predicted octanol–water partition coefficient (Wildman–Crippen LogP) is 2.06. The van der Waals surface area contributed by atoms with E-state index in [9.17, 15) is 4.79 Å². The maximum atomic E-state index is 12.9. The fourth-order valence-electron chi connectivity index (χ4n) is 3.75.